The van der Waals surface area contributed by atoms with Gasteiger partial charge in [0.25, 0.3) is 0 Å². The van der Waals surface area contributed by atoms with Gasteiger partial charge in [-0.1, -0.05) is 12.1 Å². The zero-order valence-electron chi connectivity index (χ0n) is 20.6. The van der Waals surface area contributed by atoms with Crippen LogP contribution in [0, 0.1) is 0 Å². The van der Waals surface area contributed by atoms with E-state index in [0.717, 1.165) is 12.3 Å². The van der Waals surface area contributed by atoms with Gasteiger partial charge in [-0.2, -0.15) is 0 Å². The predicted molar refractivity (Wildman–Crippen MR) is 132 cm³/mol. The van der Waals surface area contributed by atoms with Crippen LogP contribution in [0.4, 0.5) is 0 Å². The Morgan fingerprint density at radius 3 is 2.27 bits per heavy atom. The van der Waals surface area contributed by atoms with Crippen molar-refractivity contribution < 1.29 is 64.6 Å². The van der Waals surface area contributed by atoms with Crippen LogP contribution in [0.15, 0.2) is 45.8 Å². The van der Waals surface area contributed by atoms with Crippen molar-refractivity contribution in [2.24, 2.45) is 0 Å². The fourth-order valence-corrected chi connectivity index (χ4v) is 4.95. The Balaban J connectivity index is 1.57. The van der Waals surface area contributed by atoms with Crippen LogP contribution < -0.4 is 5.43 Å². The molecule has 0 radical (unpaired) electrons. The van der Waals surface area contributed by atoms with Crippen molar-refractivity contribution in [2.45, 2.75) is 55.1 Å². The zero-order chi connectivity index (χ0) is 28.9. The second-order valence-corrected chi connectivity index (χ2v) is 9.67. The maximum Gasteiger partial charge on any atom is 0.204 e. The maximum absolute atomic E-state index is 13.4. The summed E-state index contributed by atoms with van der Waals surface area (Å²) in [7, 11) is 0. The molecule has 2 aromatic carbocycles. The molecule has 0 spiro atoms. The molecule has 0 amide bonds. The number of aliphatic hydroxyl groups is 6. The molecule has 0 unspecified atom stereocenters. The van der Waals surface area contributed by atoms with Crippen molar-refractivity contribution in [3.63, 3.8) is 0 Å². The molecule has 5 rings (SSSR count). The molecule has 0 saturated carbocycles. The molecule has 2 fully saturated rings. The largest absolute Gasteiger partial charge is 0.508 e. The van der Waals surface area contributed by atoms with Gasteiger partial charge in [-0.25, -0.2) is 0 Å². The number of ether oxygens (including phenoxy) is 3. The number of phenols is 3. The molecule has 3 heterocycles. The molecule has 0 aliphatic carbocycles. The molecule has 14 nitrogen and oxygen atoms in total. The summed E-state index contributed by atoms with van der Waals surface area (Å²) in [6.07, 6.45) is -13.6. The molecule has 0 bridgehead atoms. The summed E-state index contributed by atoms with van der Waals surface area (Å²) in [6.45, 7) is -1.21. The third-order valence-corrected chi connectivity index (χ3v) is 7.12. The first kappa shape index (κ1) is 28.2. The lowest BCUT2D eigenvalue weighted by Gasteiger charge is -2.45. The Morgan fingerprint density at radius 2 is 1.60 bits per heavy atom. The maximum atomic E-state index is 13.4. The third kappa shape index (κ3) is 4.79. The molecule has 1 aromatic heterocycles. The summed E-state index contributed by atoms with van der Waals surface area (Å²) in [5, 5.41) is 92.2. The molecule has 14 heteroatoms. The van der Waals surface area contributed by atoms with Gasteiger partial charge in [-0.15, -0.1) is 0 Å². The number of fused-ring (bicyclic) bond motifs is 1. The molecular weight excluding hydrogens is 536 g/mol. The van der Waals surface area contributed by atoms with Crippen molar-refractivity contribution in [3.05, 3.63) is 52.4 Å². The molecule has 40 heavy (non-hydrogen) atoms. The Morgan fingerprint density at radius 1 is 0.900 bits per heavy atom. The van der Waals surface area contributed by atoms with Crippen LogP contribution in [-0.2, 0) is 14.2 Å². The Bertz CT molecular complexity index is 1420. The highest BCUT2D eigenvalue weighted by atomic mass is 16.7. The van der Waals surface area contributed by atoms with Crippen molar-refractivity contribution in [1.29, 1.82) is 0 Å². The Labute approximate surface area is 225 Å². The first-order valence-corrected chi connectivity index (χ1v) is 12.3. The smallest absolute Gasteiger partial charge is 0.204 e. The normalized spacial score (nSPS) is 32.8. The highest BCUT2D eigenvalue weighted by molar-refractivity contribution is 5.91. The Kier molecular flexibility index (Phi) is 7.71. The lowest BCUT2D eigenvalue weighted by Crippen LogP contribution is -2.61. The molecule has 3 aromatic rings. The fourth-order valence-electron chi connectivity index (χ4n) is 4.95. The van der Waals surface area contributed by atoms with Crippen LogP contribution >= 0.6 is 0 Å². The number of phenolic OH excluding ortho intramolecular Hbond substituents is 3. The molecule has 9 atom stereocenters. The van der Waals surface area contributed by atoms with E-state index in [4.69, 9.17) is 18.6 Å². The molecule has 2 aliphatic rings. The van der Waals surface area contributed by atoms with E-state index in [1.807, 2.05) is 0 Å². The monoisotopic (exact) mass is 564 g/mol. The molecule has 216 valence electrons. The van der Waals surface area contributed by atoms with Gasteiger partial charge in [-0.05, 0) is 17.7 Å². The van der Waals surface area contributed by atoms with E-state index in [0.29, 0.717) is 5.56 Å². The first-order valence-electron chi connectivity index (χ1n) is 12.3. The molecule has 2 aliphatic heterocycles. The summed E-state index contributed by atoms with van der Waals surface area (Å²) in [5.41, 5.74) is -1.03. The number of aromatic hydroxyl groups is 3. The van der Waals surface area contributed by atoms with E-state index < -0.39 is 85.3 Å². The highest BCUT2D eigenvalue weighted by Crippen LogP contribution is 2.44. The van der Waals surface area contributed by atoms with E-state index >= 15 is 0 Å². The summed E-state index contributed by atoms with van der Waals surface area (Å²) in [6, 6.07) is 6.44. The number of hydrogen-bond acceptors (Lipinski definition) is 14. The lowest BCUT2D eigenvalue weighted by atomic mass is 9.89. The minimum Gasteiger partial charge on any atom is -0.508 e. The summed E-state index contributed by atoms with van der Waals surface area (Å²) in [5.74, 6) is -1.34. The van der Waals surface area contributed by atoms with Crippen LogP contribution in [0.5, 0.6) is 17.2 Å². The summed E-state index contributed by atoms with van der Waals surface area (Å²) >= 11 is 0. The number of aliphatic hydroxyl groups excluding tert-OH is 6. The SMILES string of the molecule is O=c1c(-c2ccc(O)cc2)coc2c([C@@H]3O[C@@H](CO)[C@@H](O)[C@@H](O[C@@H]4OC[C@@H](O)[C@@H](O)[C@H]4O)[C@@H]3O)c(O)cc(O)c12. The van der Waals surface area contributed by atoms with Gasteiger partial charge in [0.15, 0.2) is 11.9 Å². The number of benzene rings is 2. The van der Waals surface area contributed by atoms with Crippen LogP contribution in [0.25, 0.3) is 22.1 Å². The topological polar surface area (TPSA) is 240 Å². The standard InChI is InChI=1S/C26H28O14/c27-6-15-20(34)25(40-26-21(35)19(33)14(31)8-38-26)22(36)24(39-15)17-13(30)5-12(29)16-18(32)11(7-37-23(16)17)9-1-3-10(28)4-2-9/h1-5,7,14-15,19-22,24-31,33-36H,6,8H2/t14-,15+,19-,20-,21-,22-,24+,25-,26+/m1/s1. The minimum atomic E-state index is -1.85. The van der Waals surface area contributed by atoms with Crippen molar-refractivity contribution >= 4 is 11.0 Å². The number of rotatable bonds is 5. The second-order valence-electron chi connectivity index (χ2n) is 9.67. The van der Waals surface area contributed by atoms with Gasteiger partial charge in [0.2, 0.25) is 5.43 Å². The van der Waals surface area contributed by atoms with Gasteiger partial charge in [-0.3, -0.25) is 4.79 Å². The van der Waals surface area contributed by atoms with E-state index in [2.05, 4.69) is 0 Å². The van der Waals surface area contributed by atoms with Crippen LogP contribution in [0.3, 0.4) is 0 Å². The fraction of sp³-hybridized carbons (Fsp3) is 0.423. The van der Waals surface area contributed by atoms with Gasteiger partial charge in [0.05, 0.1) is 24.3 Å². The van der Waals surface area contributed by atoms with Gasteiger partial charge in [0, 0.05) is 6.07 Å². The zero-order valence-corrected chi connectivity index (χ0v) is 20.6. The van der Waals surface area contributed by atoms with Gasteiger partial charge in [0.1, 0.15) is 77.7 Å². The summed E-state index contributed by atoms with van der Waals surface area (Å²) in [4.78, 5) is 13.4. The van der Waals surface area contributed by atoms with E-state index in [1.165, 1.54) is 24.3 Å². The van der Waals surface area contributed by atoms with E-state index in [1.54, 1.807) is 0 Å². The van der Waals surface area contributed by atoms with Crippen molar-refractivity contribution in [2.75, 3.05) is 13.2 Å². The second kappa shape index (κ2) is 10.9. The minimum absolute atomic E-state index is 0.0126. The lowest BCUT2D eigenvalue weighted by molar-refractivity contribution is -0.325. The predicted octanol–water partition coefficient (Wildman–Crippen LogP) is -1.45. The van der Waals surface area contributed by atoms with Crippen LogP contribution in [0.2, 0.25) is 0 Å². The Hall–Kier alpha value is -3.31. The van der Waals surface area contributed by atoms with Crippen molar-refractivity contribution in [3.8, 4) is 28.4 Å². The average Bonchev–Trinajstić information content (AvgIpc) is 2.92. The molecular formula is C26H28O14. The highest BCUT2D eigenvalue weighted by Gasteiger charge is 2.50. The summed E-state index contributed by atoms with van der Waals surface area (Å²) < 4.78 is 22.1. The molecule has 2 saturated heterocycles. The quantitative estimate of drug-likeness (QED) is 0.172. The van der Waals surface area contributed by atoms with E-state index in [9.17, 15) is 50.8 Å². The molecule has 9 N–H and O–H groups in total. The van der Waals surface area contributed by atoms with Crippen molar-refractivity contribution in [1.82, 2.24) is 0 Å². The number of hydrogen-bond donors (Lipinski definition) is 9. The van der Waals surface area contributed by atoms with Crippen LogP contribution in [-0.4, -0.2) is 108 Å². The average molecular weight is 564 g/mol. The third-order valence-electron chi connectivity index (χ3n) is 7.12. The first-order chi connectivity index (χ1) is 19.0. The van der Waals surface area contributed by atoms with Crippen LogP contribution in [0.1, 0.15) is 11.7 Å². The van der Waals surface area contributed by atoms with Gasteiger partial charge >= 0.3 is 0 Å². The van der Waals surface area contributed by atoms with E-state index in [-0.39, 0.29) is 27.8 Å². The van der Waals surface area contributed by atoms with Gasteiger partial charge < -0.3 is 64.6 Å².